The second kappa shape index (κ2) is 8.55. The molecule has 2 aliphatic heterocycles. The van der Waals surface area contributed by atoms with Gasteiger partial charge in [0.1, 0.15) is 5.75 Å². The Hall–Kier alpha value is -2.74. The van der Waals surface area contributed by atoms with Gasteiger partial charge in [0, 0.05) is 56.2 Å². The van der Waals surface area contributed by atoms with Crippen LogP contribution in [0.15, 0.2) is 54.6 Å². The second-order valence-corrected chi connectivity index (χ2v) is 10.1. The number of nitrogens with zero attached hydrogens (tertiary/aromatic N) is 3. The van der Waals surface area contributed by atoms with E-state index in [2.05, 4.69) is 17.0 Å². The zero-order valence-electron chi connectivity index (χ0n) is 17.1. The molecule has 8 heteroatoms. The molecule has 2 saturated heterocycles. The zero-order chi connectivity index (χ0) is 21.1. The van der Waals surface area contributed by atoms with Crippen molar-refractivity contribution in [2.45, 2.75) is 13.0 Å². The topological polar surface area (TPSA) is 70.2 Å². The number of benzene rings is 2. The van der Waals surface area contributed by atoms with Gasteiger partial charge in [-0.25, -0.2) is 13.2 Å². The molecule has 2 fully saturated rings. The van der Waals surface area contributed by atoms with Gasteiger partial charge < -0.3 is 19.4 Å². The molecule has 1 amide bonds. The lowest BCUT2D eigenvalue weighted by Crippen LogP contribution is -2.54. The standard InChI is InChI=1S/C22H27N3O4S/c1-18-17-24(19-6-3-2-4-7-19)10-11-25(18)22(26)29-21-9-5-8-20(16-21)23-12-14-30(27,28)15-13-23/h2-9,16,18H,10-15,17H2,1H3/t18-/m0/s1. The quantitative estimate of drug-likeness (QED) is 0.747. The Labute approximate surface area is 177 Å². The van der Waals surface area contributed by atoms with Crippen molar-refractivity contribution in [3.05, 3.63) is 54.6 Å². The van der Waals surface area contributed by atoms with Crippen LogP contribution in [-0.4, -0.2) is 69.7 Å². The Morgan fingerprint density at radius 3 is 2.30 bits per heavy atom. The van der Waals surface area contributed by atoms with E-state index >= 15 is 0 Å². The Morgan fingerprint density at radius 2 is 1.60 bits per heavy atom. The molecular formula is C22H27N3O4S. The van der Waals surface area contributed by atoms with E-state index in [1.807, 2.05) is 42.2 Å². The number of ether oxygens (including phenoxy) is 1. The average Bonchev–Trinajstić information content (AvgIpc) is 2.74. The van der Waals surface area contributed by atoms with Gasteiger partial charge in [0.05, 0.1) is 11.5 Å². The largest absolute Gasteiger partial charge is 0.415 e. The van der Waals surface area contributed by atoms with Crippen molar-refractivity contribution >= 4 is 27.3 Å². The van der Waals surface area contributed by atoms with Gasteiger partial charge in [-0.3, -0.25) is 0 Å². The minimum Gasteiger partial charge on any atom is -0.410 e. The van der Waals surface area contributed by atoms with Crippen molar-refractivity contribution in [1.29, 1.82) is 0 Å². The van der Waals surface area contributed by atoms with Gasteiger partial charge in [0.15, 0.2) is 9.84 Å². The van der Waals surface area contributed by atoms with E-state index in [1.165, 1.54) is 0 Å². The van der Waals surface area contributed by atoms with Crippen LogP contribution in [0.3, 0.4) is 0 Å². The predicted molar refractivity (Wildman–Crippen MR) is 118 cm³/mol. The third-order valence-corrected chi connectivity index (χ3v) is 7.32. The number of amides is 1. The first-order chi connectivity index (χ1) is 14.4. The summed E-state index contributed by atoms with van der Waals surface area (Å²) < 4.78 is 29.0. The van der Waals surface area contributed by atoms with E-state index in [9.17, 15) is 13.2 Å². The molecule has 0 aromatic heterocycles. The monoisotopic (exact) mass is 429 g/mol. The summed E-state index contributed by atoms with van der Waals surface area (Å²) in [6.45, 7) is 5.04. The lowest BCUT2D eigenvalue weighted by Gasteiger charge is -2.40. The van der Waals surface area contributed by atoms with E-state index in [0.717, 1.165) is 24.5 Å². The maximum atomic E-state index is 12.8. The normalized spacial score (nSPS) is 21.4. The molecule has 0 unspecified atom stereocenters. The van der Waals surface area contributed by atoms with Crippen LogP contribution in [-0.2, 0) is 9.84 Å². The van der Waals surface area contributed by atoms with Crippen molar-refractivity contribution in [3.63, 3.8) is 0 Å². The Bertz CT molecular complexity index is 982. The van der Waals surface area contributed by atoms with Crippen molar-refractivity contribution in [2.24, 2.45) is 0 Å². The fourth-order valence-corrected chi connectivity index (χ4v) is 5.18. The summed E-state index contributed by atoms with van der Waals surface area (Å²) in [4.78, 5) is 18.8. The summed E-state index contributed by atoms with van der Waals surface area (Å²) in [5, 5.41) is 0. The summed E-state index contributed by atoms with van der Waals surface area (Å²) in [7, 11) is -2.94. The van der Waals surface area contributed by atoms with Crippen LogP contribution in [0.25, 0.3) is 0 Å². The highest BCUT2D eigenvalue weighted by atomic mass is 32.2. The average molecular weight is 430 g/mol. The van der Waals surface area contributed by atoms with E-state index in [1.54, 1.807) is 17.0 Å². The van der Waals surface area contributed by atoms with Crippen molar-refractivity contribution in [3.8, 4) is 5.75 Å². The maximum absolute atomic E-state index is 12.8. The zero-order valence-corrected chi connectivity index (χ0v) is 17.9. The van der Waals surface area contributed by atoms with Crippen LogP contribution in [0.1, 0.15) is 6.92 Å². The highest BCUT2D eigenvalue weighted by Gasteiger charge is 2.29. The first kappa shape index (κ1) is 20.5. The number of hydrogen-bond donors (Lipinski definition) is 0. The van der Waals surface area contributed by atoms with E-state index in [0.29, 0.717) is 25.4 Å². The fourth-order valence-electron chi connectivity index (χ4n) is 3.98. The molecule has 0 bridgehead atoms. The number of carbonyl (C=O) groups is 1. The fraction of sp³-hybridized carbons (Fsp3) is 0.409. The molecule has 0 saturated carbocycles. The van der Waals surface area contributed by atoms with Gasteiger partial charge in [-0.15, -0.1) is 0 Å². The SMILES string of the molecule is C[C@H]1CN(c2ccccc2)CCN1C(=O)Oc1cccc(N2CCS(=O)(=O)CC2)c1. The summed E-state index contributed by atoms with van der Waals surface area (Å²) in [5.41, 5.74) is 2.03. The van der Waals surface area contributed by atoms with Crippen LogP contribution < -0.4 is 14.5 Å². The third-order valence-electron chi connectivity index (χ3n) is 5.72. The van der Waals surface area contributed by atoms with Gasteiger partial charge >= 0.3 is 6.09 Å². The molecule has 2 heterocycles. The molecule has 2 aromatic rings. The first-order valence-electron chi connectivity index (χ1n) is 10.3. The van der Waals surface area contributed by atoms with Crippen LogP contribution in [0.5, 0.6) is 5.75 Å². The molecule has 0 radical (unpaired) electrons. The molecule has 160 valence electrons. The number of para-hydroxylation sites is 1. The number of carbonyl (C=O) groups excluding carboxylic acids is 1. The summed E-state index contributed by atoms with van der Waals surface area (Å²) >= 11 is 0. The number of sulfone groups is 1. The van der Waals surface area contributed by atoms with Crippen LogP contribution in [0, 0.1) is 0 Å². The smallest absolute Gasteiger partial charge is 0.410 e. The Morgan fingerprint density at radius 1 is 0.900 bits per heavy atom. The van der Waals surface area contributed by atoms with Crippen LogP contribution in [0.4, 0.5) is 16.2 Å². The lowest BCUT2D eigenvalue weighted by molar-refractivity contribution is 0.129. The van der Waals surface area contributed by atoms with E-state index in [-0.39, 0.29) is 23.6 Å². The first-order valence-corrected chi connectivity index (χ1v) is 12.1. The molecule has 30 heavy (non-hydrogen) atoms. The molecular weight excluding hydrogens is 402 g/mol. The molecule has 4 rings (SSSR count). The van der Waals surface area contributed by atoms with Crippen LogP contribution in [0.2, 0.25) is 0 Å². The molecule has 1 atom stereocenters. The van der Waals surface area contributed by atoms with Gasteiger partial charge in [-0.1, -0.05) is 24.3 Å². The predicted octanol–water partition coefficient (Wildman–Crippen LogP) is 2.63. The second-order valence-electron chi connectivity index (χ2n) is 7.83. The summed E-state index contributed by atoms with van der Waals surface area (Å²) in [6.07, 6.45) is -0.353. The number of hydrogen-bond acceptors (Lipinski definition) is 6. The third kappa shape index (κ3) is 4.70. The molecule has 2 aliphatic rings. The number of rotatable bonds is 3. The minimum absolute atomic E-state index is 0.0296. The maximum Gasteiger partial charge on any atom is 0.415 e. The highest BCUT2D eigenvalue weighted by Crippen LogP contribution is 2.24. The van der Waals surface area contributed by atoms with Crippen molar-refractivity contribution < 1.29 is 17.9 Å². The van der Waals surface area contributed by atoms with Gasteiger partial charge in [-0.05, 0) is 31.2 Å². The van der Waals surface area contributed by atoms with Crippen molar-refractivity contribution in [1.82, 2.24) is 4.90 Å². The van der Waals surface area contributed by atoms with Gasteiger partial charge in [0.2, 0.25) is 0 Å². The molecule has 0 aliphatic carbocycles. The van der Waals surface area contributed by atoms with Crippen LogP contribution >= 0.6 is 0 Å². The van der Waals surface area contributed by atoms with Gasteiger partial charge in [0.25, 0.3) is 0 Å². The molecule has 2 aromatic carbocycles. The molecule has 0 spiro atoms. The Balaban J connectivity index is 1.37. The van der Waals surface area contributed by atoms with Crippen molar-refractivity contribution in [2.75, 3.05) is 54.0 Å². The van der Waals surface area contributed by atoms with Gasteiger partial charge in [-0.2, -0.15) is 0 Å². The highest BCUT2D eigenvalue weighted by molar-refractivity contribution is 7.91. The summed E-state index contributed by atoms with van der Waals surface area (Å²) in [5.74, 6) is 0.782. The number of anilines is 2. The van der Waals surface area contributed by atoms with E-state index < -0.39 is 9.84 Å². The lowest BCUT2D eigenvalue weighted by atomic mass is 10.1. The minimum atomic E-state index is -2.94. The van der Waals surface area contributed by atoms with E-state index in [4.69, 9.17) is 4.74 Å². The Kier molecular flexibility index (Phi) is 5.85. The molecule has 7 nitrogen and oxygen atoms in total. The summed E-state index contributed by atoms with van der Waals surface area (Å²) in [6, 6.07) is 17.5. The molecule has 0 N–H and O–H groups in total. The number of piperazine rings is 1.